The Hall–Kier alpha value is -1.84. The molecule has 20 heavy (non-hydrogen) atoms. The molecule has 0 spiro atoms. The average molecular weight is 271 g/mol. The average Bonchev–Trinajstić information content (AvgIpc) is 2.92. The Kier molecular flexibility index (Phi) is 3.04. The number of hydrogen-bond acceptors (Lipinski definition) is 2. The summed E-state index contributed by atoms with van der Waals surface area (Å²) in [6, 6.07) is 1.98. The van der Waals surface area contributed by atoms with Crippen molar-refractivity contribution in [3.63, 3.8) is 0 Å². The molecule has 3 rings (SSSR count). The topological polar surface area (TPSA) is 39.8 Å². The zero-order valence-electron chi connectivity index (χ0n) is 12.4. The maximum atomic E-state index is 12.2. The molecule has 4 nitrogen and oxygen atoms in total. The number of rotatable bonds is 3. The lowest BCUT2D eigenvalue weighted by Gasteiger charge is -2.29. The number of carbonyl (C=O) groups is 1. The van der Waals surface area contributed by atoms with Crippen LogP contribution < -0.4 is 0 Å². The molecule has 106 valence electrons. The molecule has 0 N–H and O–H groups in total. The summed E-state index contributed by atoms with van der Waals surface area (Å²) in [6.07, 6.45) is 8.36. The van der Waals surface area contributed by atoms with Gasteiger partial charge in [0.05, 0.1) is 0 Å². The van der Waals surface area contributed by atoms with Crippen molar-refractivity contribution in [2.45, 2.75) is 39.7 Å². The van der Waals surface area contributed by atoms with Gasteiger partial charge in [0.15, 0.2) is 5.78 Å². The molecular formula is C16H21N3O. The second-order valence-electron chi connectivity index (χ2n) is 6.51. The summed E-state index contributed by atoms with van der Waals surface area (Å²) in [4.78, 5) is 16.5. The summed E-state index contributed by atoms with van der Waals surface area (Å²) >= 11 is 0. The highest BCUT2D eigenvalue weighted by molar-refractivity contribution is 5.98. The fourth-order valence-corrected chi connectivity index (χ4v) is 3.07. The van der Waals surface area contributed by atoms with Crippen LogP contribution in [0, 0.1) is 5.41 Å². The van der Waals surface area contributed by atoms with E-state index in [1.807, 2.05) is 36.3 Å². The number of ketones is 1. The smallest absolute Gasteiger partial charge is 0.165 e. The van der Waals surface area contributed by atoms with E-state index in [9.17, 15) is 4.79 Å². The van der Waals surface area contributed by atoms with E-state index in [1.54, 1.807) is 0 Å². The Labute approximate surface area is 119 Å². The van der Waals surface area contributed by atoms with Crippen LogP contribution in [0.2, 0.25) is 0 Å². The summed E-state index contributed by atoms with van der Waals surface area (Å²) < 4.78 is 4.27. The van der Waals surface area contributed by atoms with Gasteiger partial charge in [0.2, 0.25) is 0 Å². The van der Waals surface area contributed by atoms with Gasteiger partial charge in [-0.3, -0.25) is 4.79 Å². The third-order valence-electron chi connectivity index (χ3n) is 4.16. The molecule has 0 saturated heterocycles. The van der Waals surface area contributed by atoms with Gasteiger partial charge >= 0.3 is 0 Å². The van der Waals surface area contributed by atoms with Crippen LogP contribution in [0.5, 0.6) is 0 Å². The van der Waals surface area contributed by atoms with Gasteiger partial charge < -0.3 is 9.13 Å². The third kappa shape index (κ3) is 2.30. The Morgan fingerprint density at radius 1 is 1.30 bits per heavy atom. The molecule has 0 radical (unpaired) electrons. The van der Waals surface area contributed by atoms with Crippen molar-refractivity contribution < 1.29 is 4.79 Å². The first-order valence-corrected chi connectivity index (χ1v) is 7.14. The number of aromatic nitrogens is 3. The molecule has 2 heterocycles. The van der Waals surface area contributed by atoms with Crippen LogP contribution in [0.4, 0.5) is 0 Å². The fraction of sp³-hybridized carbons (Fsp3) is 0.500. The Morgan fingerprint density at radius 2 is 2.10 bits per heavy atom. The van der Waals surface area contributed by atoms with Crippen molar-refractivity contribution in [3.05, 3.63) is 41.7 Å². The Morgan fingerprint density at radius 3 is 2.80 bits per heavy atom. The van der Waals surface area contributed by atoms with E-state index in [0.717, 1.165) is 30.8 Å². The van der Waals surface area contributed by atoms with E-state index in [2.05, 4.69) is 23.4 Å². The molecule has 0 bridgehead atoms. The zero-order valence-corrected chi connectivity index (χ0v) is 12.4. The highest BCUT2D eigenvalue weighted by Gasteiger charge is 2.32. The normalized spacial score (nSPS) is 17.2. The van der Waals surface area contributed by atoms with Gasteiger partial charge in [-0.2, -0.15) is 0 Å². The minimum atomic E-state index is 0.0728. The van der Waals surface area contributed by atoms with Crippen LogP contribution in [0.15, 0.2) is 24.7 Å². The first kappa shape index (κ1) is 13.2. The second-order valence-corrected chi connectivity index (χ2v) is 6.51. The van der Waals surface area contributed by atoms with Crippen LogP contribution >= 0.6 is 0 Å². The van der Waals surface area contributed by atoms with Crippen molar-refractivity contribution in [3.8, 4) is 0 Å². The molecule has 0 unspecified atom stereocenters. The van der Waals surface area contributed by atoms with Gasteiger partial charge in [0.1, 0.15) is 5.82 Å². The Balaban J connectivity index is 1.82. The quantitative estimate of drug-likeness (QED) is 0.861. The van der Waals surface area contributed by atoms with E-state index in [-0.39, 0.29) is 11.2 Å². The molecule has 4 heteroatoms. The number of hydrogen-bond donors (Lipinski definition) is 0. The molecule has 0 saturated carbocycles. The van der Waals surface area contributed by atoms with E-state index >= 15 is 0 Å². The SMILES string of the molecule is Cn1ccnc1CCn1ccc2c1CC(C)(C)CC2=O. The van der Waals surface area contributed by atoms with Crippen LogP contribution in [-0.2, 0) is 26.4 Å². The van der Waals surface area contributed by atoms with Crippen molar-refractivity contribution >= 4 is 5.78 Å². The van der Waals surface area contributed by atoms with Crippen LogP contribution in [0.1, 0.15) is 42.1 Å². The number of imidazole rings is 1. The van der Waals surface area contributed by atoms with Crippen LogP contribution in [0.3, 0.4) is 0 Å². The number of nitrogens with zero attached hydrogens (tertiary/aromatic N) is 3. The zero-order chi connectivity index (χ0) is 14.3. The largest absolute Gasteiger partial charge is 0.350 e. The molecule has 0 fully saturated rings. The van der Waals surface area contributed by atoms with Crippen molar-refractivity contribution in [1.29, 1.82) is 0 Å². The predicted octanol–water partition coefficient (Wildman–Crippen LogP) is 2.62. The summed E-state index contributed by atoms with van der Waals surface area (Å²) in [5.74, 6) is 1.36. The van der Waals surface area contributed by atoms with Gasteiger partial charge in [-0.05, 0) is 17.9 Å². The molecule has 0 atom stereocenters. The minimum Gasteiger partial charge on any atom is -0.350 e. The Bertz CT molecular complexity index is 648. The van der Waals surface area contributed by atoms with Crippen molar-refractivity contribution in [2.75, 3.05) is 0 Å². The predicted molar refractivity (Wildman–Crippen MR) is 77.8 cm³/mol. The minimum absolute atomic E-state index is 0.0728. The summed E-state index contributed by atoms with van der Waals surface area (Å²) in [5.41, 5.74) is 2.19. The molecule has 0 aliphatic heterocycles. The molecule has 0 amide bonds. The maximum absolute atomic E-state index is 12.2. The van der Waals surface area contributed by atoms with Gasteiger partial charge in [-0.1, -0.05) is 13.8 Å². The monoisotopic (exact) mass is 271 g/mol. The van der Waals surface area contributed by atoms with Gasteiger partial charge in [-0.25, -0.2) is 4.98 Å². The van der Waals surface area contributed by atoms with Crippen molar-refractivity contribution in [1.82, 2.24) is 14.1 Å². The summed E-state index contributed by atoms with van der Waals surface area (Å²) in [7, 11) is 2.01. The third-order valence-corrected chi connectivity index (χ3v) is 4.16. The highest BCUT2D eigenvalue weighted by Crippen LogP contribution is 2.35. The molecule has 1 aliphatic rings. The molecular weight excluding hydrogens is 250 g/mol. The molecule has 0 aromatic carbocycles. The number of Topliss-reactive ketones (excluding diaryl/α,β-unsaturated/α-hetero) is 1. The van der Waals surface area contributed by atoms with Gasteiger partial charge in [0.25, 0.3) is 0 Å². The van der Waals surface area contributed by atoms with Crippen LogP contribution in [-0.4, -0.2) is 19.9 Å². The number of fused-ring (bicyclic) bond motifs is 1. The highest BCUT2D eigenvalue weighted by atomic mass is 16.1. The number of carbonyl (C=O) groups excluding carboxylic acids is 1. The van der Waals surface area contributed by atoms with E-state index in [4.69, 9.17) is 0 Å². The van der Waals surface area contributed by atoms with Gasteiger partial charge in [-0.15, -0.1) is 0 Å². The van der Waals surface area contributed by atoms with Gasteiger partial charge in [0, 0.05) is 56.3 Å². The maximum Gasteiger partial charge on any atom is 0.165 e. The van der Waals surface area contributed by atoms with E-state index in [1.165, 1.54) is 5.69 Å². The van der Waals surface area contributed by atoms with E-state index < -0.39 is 0 Å². The lowest BCUT2D eigenvalue weighted by molar-refractivity contribution is 0.0910. The second kappa shape index (κ2) is 4.62. The lowest BCUT2D eigenvalue weighted by atomic mass is 9.76. The molecule has 1 aliphatic carbocycles. The molecule has 2 aromatic rings. The summed E-state index contributed by atoms with van der Waals surface area (Å²) in [6.45, 7) is 5.22. The van der Waals surface area contributed by atoms with Crippen LogP contribution in [0.25, 0.3) is 0 Å². The summed E-state index contributed by atoms with van der Waals surface area (Å²) in [5, 5.41) is 0. The standard InChI is InChI=1S/C16H21N3O/c1-16(2)10-13-12(14(20)11-16)4-7-19(13)8-5-15-17-6-9-18(15)3/h4,6-7,9H,5,8,10-11H2,1-3H3. The first-order chi connectivity index (χ1) is 9.46. The lowest BCUT2D eigenvalue weighted by Crippen LogP contribution is -2.28. The van der Waals surface area contributed by atoms with E-state index in [0.29, 0.717) is 6.42 Å². The first-order valence-electron chi connectivity index (χ1n) is 7.14. The number of aryl methyl sites for hydroxylation is 3. The fourth-order valence-electron chi connectivity index (χ4n) is 3.07. The van der Waals surface area contributed by atoms with Crippen molar-refractivity contribution in [2.24, 2.45) is 12.5 Å². The molecule has 2 aromatic heterocycles.